The zero-order chi connectivity index (χ0) is 18.4. The zero-order valence-electron chi connectivity index (χ0n) is 14.1. The fourth-order valence-electron chi connectivity index (χ4n) is 2.44. The van der Waals surface area contributed by atoms with E-state index in [1.807, 2.05) is 18.2 Å². The fourth-order valence-corrected chi connectivity index (χ4v) is 3.51. The Bertz CT molecular complexity index is 762. The number of para-hydroxylation sites is 1. The number of aryl methyl sites for hydroxylation is 1. The Balaban J connectivity index is 0.00000109. The Kier molecular flexibility index (Phi) is 6.54. The molecule has 0 unspecified atom stereocenters. The first-order chi connectivity index (χ1) is 12.0. The van der Waals surface area contributed by atoms with Gasteiger partial charge in [-0.05, 0) is 30.5 Å². The van der Waals surface area contributed by atoms with Crippen LogP contribution in [0.1, 0.15) is 36.5 Å². The van der Waals surface area contributed by atoms with Crippen molar-refractivity contribution in [3.05, 3.63) is 51.8 Å². The molecule has 0 amide bonds. The molecule has 0 radical (unpaired) electrons. The average Bonchev–Trinajstić information content (AvgIpc) is 2.91. The quantitative estimate of drug-likeness (QED) is 0.504. The SMILES string of the molecule is CC.O=C(O)c1cc2n(n1)CCCN(Sc1ccccc1[N+](=O)[O-])C2. The lowest BCUT2D eigenvalue weighted by Gasteiger charge is -2.17. The van der Waals surface area contributed by atoms with Crippen LogP contribution in [0, 0.1) is 10.1 Å². The maximum atomic E-state index is 11.1. The monoisotopic (exact) mass is 364 g/mol. The van der Waals surface area contributed by atoms with Crippen LogP contribution in [-0.2, 0) is 13.1 Å². The number of nitro groups is 1. The van der Waals surface area contributed by atoms with Gasteiger partial charge in [-0.1, -0.05) is 26.0 Å². The minimum Gasteiger partial charge on any atom is -0.476 e. The van der Waals surface area contributed by atoms with E-state index in [4.69, 9.17) is 5.11 Å². The second kappa shape index (κ2) is 8.63. The van der Waals surface area contributed by atoms with Gasteiger partial charge in [-0.15, -0.1) is 0 Å². The van der Waals surface area contributed by atoms with Gasteiger partial charge in [-0.2, -0.15) is 5.10 Å². The van der Waals surface area contributed by atoms with Crippen LogP contribution < -0.4 is 0 Å². The number of fused-ring (bicyclic) bond motifs is 1. The lowest BCUT2D eigenvalue weighted by Crippen LogP contribution is -2.15. The van der Waals surface area contributed by atoms with Crippen molar-refractivity contribution in [2.75, 3.05) is 6.54 Å². The lowest BCUT2D eigenvalue weighted by molar-refractivity contribution is -0.387. The van der Waals surface area contributed by atoms with E-state index in [0.717, 1.165) is 18.7 Å². The number of benzene rings is 1. The summed E-state index contributed by atoms with van der Waals surface area (Å²) >= 11 is 1.32. The van der Waals surface area contributed by atoms with E-state index in [2.05, 4.69) is 5.10 Å². The number of nitro benzene ring substituents is 1. The van der Waals surface area contributed by atoms with Crippen LogP contribution in [0.15, 0.2) is 35.2 Å². The highest BCUT2D eigenvalue weighted by molar-refractivity contribution is 7.97. The second-order valence-corrected chi connectivity index (χ2v) is 6.22. The summed E-state index contributed by atoms with van der Waals surface area (Å²) in [7, 11) is 0. The molecule has 1 aliphatic rings. The minimum absolute atomic E-state index is 0.0255. The molecule has 8 nitrogen and oxygen atoms in total. The summed E-state index contributed by atoms with van der Waals surface area (Å²) in [6.07, 6.45) is 0.793. The largest absolute Gasteiger partial charge is 0.476 e. The van der Waals surface area contributed by atoms with Gasteiger partial charge >= 0.3 is 5.97 Å². The smallest absolute Gasteiger partial charge is 0.356 e. The fraction of sp³-hybridized carbons (Fsp3) is 0.375. The third kappa shape index (κ3) is 4.58. The number of carbonyl (C=O) groups is 1. The third-order valence-electron chi connectivity index (χ3n) is 3.49. The Morgan fingerprint density at radius 1 is 1.32 bits per heavy atom. The van der Waals surface area contributed by atoms with Crippen molar-refractivity contribution in [1.29, 1.82) is 0 Å². The number of aromatic nitrogens is 2. The molecule has 1 aromatic carbocycles. The molecule has 0 fully saturated rings. The van der Waals surface area contributed by atoms with Gasteiger partial charge in [0.15, 0.2) is 5.69 Å². The minimum atomic E-state index is -1.05. The molecule has 0 spiro atoms. The van der Waals surface area contributed by atoms with E-state index in [0.29, 0.717) is 18.0 Å². The van der Waals surface area contributed by atoms with Crippen LogP contribution in [0.4, 0.5) is 5.69 Å². The zero-order valence-corrected chi connectivity index (χ0v) is 14.9. The van der Waals surface area contributed by atoms with Crippen molar-refractivity contribution in [3.63, 3.8) is 0 Å². The van der Waals surface area contributed by atoms with Gasteiger partial charge in [0.2, 0.25) is 0 Å². The number of nitrogens with zero attached hydrogens (tertiary/aromatic N) is 4. The van der Waals surface area contributed by atoms with Crippen LogP contribution in [0.3, 0.4) is 0 Å². The second-order valence-electron chi connectivity index (χ2n) is 5.08. The summed E-state index contributed by atoms with van der Waals surface area (Å²) in [6, 6.07) is 8.15. The van der Waals surface area contributed by atoms with Crippen molar-refractivity contribution in [2.24, 2.45) is 0 Å². The van der Waals surface area contributed by atoms with Crippen molar-refractivity contribution in [2.45, 2.75) is 38.3 Å². The van der Waals surface area contributed by atoms with Crippen LogP contribution in [0.5, 0.6) is 0 Å². The average molecular weight is 364 g/mol. The molecular formula is C16H20N4O4S. The van der Waals surface area contributed by atoms with Crippen molar-refractivity contribution in [1.82, 2.24) is 14.1 Å². The highest BCUT2D eigenvalue weighted by Crippen LogP contribution is 2.33. The van der Waals surface area contributed by atoms with Crippen LogP contribution in [0.2, 0.25) is 0 Å². The first-order valence-electron chi connectivity index (χ1n) is 8.01. The molecule has 0 saturated heterocycles. The predicted molar refractivity (Wildman–Crippen MR) is 94.5 cm³/mol. The Morgan fingerprint density at radius 3 is 2.72 bits per heavy atom. The number of carboxylic acids is 1. The molecule has 25 heavy (non-hydrogen) atoms. The lowest BCUT2D eigenvalue weighted by atomic mass is 10.3. The van der Waals surface area contributed by atoms with Crippen LogP contribution >= 0.6 is 11.9 Å². The third-order valence-corrected chi connectivity index (χ3v) is 4.60. The summed E-state index contributed by atoms with van der Waals surface area (Å²) in [5.41, 5.74) is 0.894. The molecule has 0 bridgehead atoms. The summed E-state index contributed by atoms with van der Waals surface area (Å²) in [5.74, 6) is -1.05. The molecule has 9 heteroatoms. The number of rotatable bonds is 4. The molecule has 3 rings (SSSR count). The number of hydrogen-bond donors (Lipinski definition) is 1. The van der Waals surface area contributed by atoms with E-state index in [1.54, 1.807) is 28.9 Å². The summed E-state index contributed by atoms with van der Waals surface area (Å²) in [6.45, 7) is 5.86. The van der Waals surface area contributed by atoms with Crippen molar-refractivity contribution >= 4 is 23.6 Å². The van der Waals surface area contributed by atoms with Gasteiger partial charge in [-0.25, -0.2) is 9.10 Å². The van der Waals surface area contributed by atoms with Gasteiger partial charge in [-0.3, -0.25) is 14.8 Å². The number of carboxylic acid groups (broad SMARTS) is 1. The Labute approximate surface area is 149 Å². The summed E-state index contributed by atoms with van der Waals surface area (Å²) in [5, 5.41) is 24.2. The van der Waals surface area contributed by atoms with Gasteiger partial charge < -0.3 is 5.11 Å². The number of hydrogen-bond acceptors (Lipinski definition) is 6. The van der Waals surface area contributed by atoms with Crippen molar-refractivity contribution < 1.29 is 14.8 Å². The summed E-state index contributed by atoms with van der Waals surface area (Å²) in [4.78, 5) is 22.3. The van der Waals surface area contributed by atoms with E-state index in [9.17, 15) is 14.9 Å². The van der Waals surface area contributed by atoms with E-state index >= 15 is 0 Å². The standard InChI is InChI=1S/C14H14N4O4S.C2H6/c19-14(20)11-8-10-9-16(6-3-7-17(10)15-11)23-13-5-2-1-4-12(13)18(21)22;1-2/h1-2,4-5,8H,3,6-7,9H2,(H,19,20);1-2H3. The van der Waals surface area contributed by atoms with Gasteiger partial charge in [0.1, 0.15) is 4.90 Å². The molecule has 1 aromatic heterocycles. The molecule has 2 aromatic rings. The molecule has 0 aliphatic carbocycles. The first-order valence-corrected chi connectivity index (χ1v) is 8.78. The Hall–Kier alpha value is -2.39. The van der Waals surface area contributed by atoms with E-state index < -0.39 is 10.9 Å². The highest BCUT2D eigenvalue weighted by Gasteiger charge is 2.22. The molecule has 0 saturated carbocycles. The van der Waals surface area contributed by atoms with Gasteiger partial charge in [0.25, 0.3) is 5.69 Å². The highest BCUT2D eigenvalue weighted by atomic mass is 32.2. The maximum Gasteiger partial charge on any atom is 0.356 e. The first kappa shape index (κ1) is 18.9. The van der Waals surface area contributed by atoms with Crippen LogP contribution in [-0.4, -0.2) is 36.6 Å². The van der Waals surface area contributed by atoms with Crippen LogP contribution in [0.25, 0.3) is 0 Å². The topological polar surface area (TPSA) is 102 Å². The molecule has 134 valence electrons. The molecular weight excluding hydrogens is 344 g/mol. The summed E-state index contributed by atoms with van der Waals surface area (Å²) < 4.78 is 3.69. The van der Waals surface area contributed by atoms with Gasteiger partial charge in [0, 0.05) is 19.2 Å². The molecule has 1 N–H and O–H groups in total. The van der Waals surface area contributed by atoms with Crippen molar-refractivity contribution in [3.8, 4) is 0 Å². The Morgan fingerprint density at radius 2 is 2.04 bits per heavy atom. The number of aromatic carboxylic acids is 1. The van der Waals surface area contributed by atoms with E-state index in [-0.39, 0.29) is 11.4 Å². The maximum absolute atomic E-state index is 11.1. The molecule has 2 heterocycles. The predicted octanol–water partition coefficient (Wildman–Crippen LogP) is 3.43. The molecule has 1 aliphatic heterocycles. The van der Waals surface area contributed by atoms with Gasteiger partial charge in [0.05, 0.1) is 17.2 Å². The normalized spacial score (nSPS) is 14.0. The molecule has 0 atom stereocenters. The van der Waals surface area contributed by atoms with E-state index in [1.165, 1.54) is 18.0 Å².